The molecule has 13 nitrogen and oxygen atoms in total. The number of rotatable bonds is 18. The Balaban J connectivity index is 0.000000246. The van der Waals surface area contributed by atoms with E-state index in [-0.39, 0.29) is 23.0 Å². The summed E-state index contributed by atoms with van der Waals surface area (Å²) in [6.07, 6.45) is -4.97. The van der Waals surface area contributed by atoms with E-state index in [2.05, 4.69) is 14.3 Å². The largest absolute Gasteiger partial charge is 0.478 e. The molecule has 0 aliphatic rings. The summed E-state index contributed by atoms with van der Waals surface area (Å²) in [7, 11) is 2.44. The van der Waals surface area contributed by atoms with Crippen molar-refractivity contribution in [2.45, 2.75) is 36.8 Å². The van der Waals surface area contributed by atoms with Gasteiger partial charge in [-0.15, -0.1) is 0 Å². The number of carboxylic acids is 2. The third-order valence-electron chi connectivity index (χ3n) is 10.8. The van der Waals surface area contributed by atoms with E-state index in [1.54, 1.807) is 72.8 Å². The van der Waals surface area contributed by atoms with E-state index in [4.69, 9.17) is 30.0 Å². The number of carboxylic acid groups (broad SMARTS) is 2. The molecule has 0 fully saturated rings. The zero-order valence-electron chi connectivity index (χ0n) is 44.7. The van der Waals surface area contributed by atoms with Crippen molar-refractivity contribution in [2.24, 2.45) is 0 Å². The lowest BCUT2D eigenvalue weighted by Crippen LogP contribution is -2.26. The van der Waals surface area contributed by atoms with Crippen molar-refractivity contribution in [1.29, 1.82) is 0 Å². The predicted molar refractivity (Wildman–Crippen MR) is 297 cm³/mol. The molecule has 0 saturated heterocycles. The van der Waals surface area contributed by atoms with Crippen LogP contribution in [0.1, 0.15) is 38.9 Å². The van der Waals surface area contributed by atoms with Crippen LogP contribution >= 0.6 is 0 Å². The Bertz CT molecular complexity index is 3250. The van der Waals surface area contributed by atoms with Gasteiger partial charge in [-0.05, 0) is 119 Å². The summed E-state index contributed by atoms with van der Waals surface area (Å²) in [5, 5.41) is 18.3. The van der Waals surface area contributed by atoms with Crippen LogP contribution in [0.3, 0.4) is 0 Å². The highest BCUT2D eigenvalue weighted by molar-refractivity contribution is 6.39. The van der Waals surface area contributed by atoms with Gasteiger partial charge in [0.15, 0.2) is 0 Å². The summed E-state index contributed by atoms with van der Waals surface area (Å²) in [6.45, 7) is 0. The quantitative estimate of drug-likeness (QED) is 0.0273. The van der Waals surface area contributed by atoms with Crippen molar-refractivity contribution < 1.29 is 97.4 Å². The number of nitrogens with zero attached hydrogens (tertiary/aromatic N) is 2. The number of halogens is 9. The third kappa shape index (κ3) is 24.7. The van der Waals surface area contributed by atoms with Crippen LogP contribution in [-0.4, -0.2) is 77.1 Å². The Morgan fingerprint density at radius 2 is 0.682 bits per heavy atom. The van der Waals surface area contributed by atoms with Crippen molar-refractivity contribution in [1.82, 2.24) is 0 Å². The molecule has 0 aliphatic heterocycles. The number of benzene rings is 7. The third-order valence-corrected chi connectivity index (χ3v) is 10.8. The van der Waals surface area contributed by atoms with Gasteiger partial charge in [0.25, 0.3) is 0 Å². The summed E-state index contributed by atoms with van der Waals surface area (Å²) in [6, 6.07) is 48.4. The van der Waals surface area contributed by atoms with Gasteiger partial charge >= 0.3 is 48.1 Å². The van der Waals surface area contributed by atoms with E-state index in [9.17, 15) is 58.7 Å². The Kier molecular flexibility index (Phi) is 26.4. The van der Waals surface area contributed by atoms with Crippen molar-refractivity contribution in [3.05, 3.63) is 263 Å². The Morgan fingerprint density at radius 3 is 0.929 bits per heavy atom. The fourth-order valence-corrected chi connectivity index (χ4v) is 6.51. The van der Waals surface area contributed by atoms with Crippen LogP contribution in [0.25, 0.3) is 29.8 Å². The molecular weight excluding hydrogens is 1130 g/mol. The van der Waals surface area contributed by atoms with Crippen LogP contribution in [0.2, 0.25) is 0 Å². The molecule has 3 atom stereocenters. The average Bonchev–Trinajstić information content (AvgIpc) is 3.71. The number of methoxy groups -OCH3 is 2. The monoisotopic (exact) mass is 1180 g/mol. The zero-order valence-corrected chi connectivity index (χ0v) is 44.7. The molecule has 0 aliphatic carbocycles. The zero-order chi connectivity index (χ0) is 62.4. The van der Waals surface area contributed by atoms with Gasteiger partial charge in [0, 0.05) is 6.08 Å². The highest BCUT2D eigenvalue weighted by atomic mass is 19.4. The lowest BCUT2D eigenvalue weighted by molar-refractivity contribution is -0.146. The summed E-state index contributed by atoms with van der Waals surface area (Å²) < 4.78 is 137. The SMILES string of the molecule is COC(=O)C(/C=C/c1ccccc1)=[N+]=[N-].COC(=O)C(/C=C/c1ccccc1)Oc1ccc(C(F)(F)F)cc1.O=C(O)C(/C=C/c1ccccc1)Oc1ccc(C(F)(F)F)cc1.O=C(O)C(/C=C\c1ccccc1)Oc1ccc(C(F)(F)F)cc1. The standard InChI is InChI=1S/C18H15F3O3.2C17H13F3O3.C11H10N2O2/c1-23-17(22)16(12-7-13-5-3-2-4-6-13)24-15-10-8-14(9-11-15)18(19,20)21;2*18-17(19,20)13-7-9-14(10-8-13)23-15(16(21)22)11-6-12-4-2-1-3-5-12;1-15-11(14)10(13-12)8-7-9-5-3-2-4-6-9/h2-12,16H,1H3;2*1-11,15H,(H,21,22);2-8H,1H3/b12-7+;11-6+;11-6-;8-7+. The molecule has 0 heterocycles. The smallest absolute Gasteiger partial charge is 0.421 e. The van der Waals surface area contributed by atoms with Crippen LogP contribution in [0, 0.1) is 0 Å². The van der Waals surface area contributed by atoms with Gasteiger partial charge in [-0.1, -0.05) is 140 Å². The van der Waals surface area contributed by atoms with E-state index < -0.39 is 77.4 Å². The first-order chi connectivity index (χ1) is 40.4. The van der Waals surface area contributed by atoms with E-state index in [1.165, 1.54) is 38.5 Å². The molecule has 0 bridgehead atoms. The molecule has 0 radical (unpaired) electrons. The van der Waals surface area contributed by atoms with Crippen molar-refractivity contribution in [2.75, 3.05) is 14.2 Å². The lowest BCUT2D eigenvalue weighted by Gasteiger charge is -2.14. The fourth-order valence-electron chi connectivity index (χ4n) is 6.51. The van der Waals surface area contributed by atoms with E-state index in [0.29, 0.717) is 0 Å². The first kappa shape index (κ1) is 67.0. The van der Waals surface area contributed by atoms with Crippen LogP contribution < -0.4 is 14.2 Å². The molecule has 0 amide bonds. The van der Waals surface area contributed by atoms with Crippen LogP contribution in [0.4, 0.5) is 39.5 Å². The molecule has 7 aromatic rings. The molecule has 3 unspecified atom stereocenters. The molecule has 0 aromatic heterocycles. The number of aliphatic carboxylic acids is 2. The summed E-state index contributed by atoms with van der Waals surface area (Å²) >= 11 is 0. The number of esters is 2. The normalized spacial score (nSPS) is 12.4. The van der Waals surface area contributed by atoms with Crippen molar-refractivity contribution in [3.63, 3.8) is 0 Å². The first-order valence-electron chi connectivity index (χ1n) is 24.7. The molecule has 0 saturated carbocycles. The van der Waals surface area contributed by atoms with E-state index in [1.807, 2.05) is 72.8 Å². The minimum absolute atomic E-state index is 0.0445. The lowest BCUT2D eigenvalue weighted by atomic mass is 10.2. The number of hydrogen-bond donors (Lipinski definition) is 2. The van der Waals surface area contributed by atoms with Crippen LogP contribution in [-0.2, 0) is 47.2 Å². The topological polar surface area (TPSA) is 191 Å². The highest BCUT2D eigenvalue weighted by Gasteiger charge is 2.32. The molecule has 0 spiro atoms. The minimum Gasteiger partial charge on any atom is -0.478 e. The second-order valence-corrected chi connectivity index (χ2v) is 16.9. The van der Waals surface area contributed by atoms with E-state index >= 15 is 0 Å². The van der Waals surface area contributed by atoms with Gasteiger partial charge in [-0.2, -0.15) is 44.3 Å². The molecule has 85 heavy (non-hydrogen) atoms. The van der Waals surface area contributed by atoms with E-state index in [0.717, 1.165) is 95.1 Å². The fraction of sp³-hybridized carbons (Fsp3) is 0.127. The average molecular weight is 1180 g/mol. The molecular formula is C63H51F9N2O11. The number of hydrogen-bond acceptors (Lipinski definition) is 9. The predicted octanol–water partition coefficient (Wildman–Crippen LogP) is 14.4. The highest BCUT2D eigenvalue weighted by Crippen LogP contribution is 2.33. The van der Waals surface area contributed by atoms with Gasteiger partial charge < -0.3 is 39.4 Å². The van der Waals surface area contributed by atoms with Crippen molar-refractivity contribution in [3.8, 4) is 17.2 Å². The minimum atomic E-state index is -4.45. The van der Waals surface area contributed by atoms with Gasteiger partial charge in [-0.25, -0.2) is 19.2 Å². The molecule has 22 heteroatoms. The van der Waals surface area contributed by atoms with Gasteiger partial charge in [-0.3, -0.25) is 0 Å². The number of carbonyl (C=O) groups excluding carboxylic acids is 2. The maximum atomic E-state index is 12.5. The van der Waals surface area contributed by atoms with Crippen LogP contribution in [0.15, 0.2) is 218 Å². The van der Waals surface area contributed by atoms with Crippen LogP contribution in [0.5, 0.6) is 17.2 Å². The number of alkyl halides is 9. The number of carbonyl (C=O) groups is 4. The molecule has 2 N–H and O–H groups in total. The molecule has 7 aromatic carbocycles. The van der Waals surface area contributed by atoms with Crippen molar-refractivity contribution >= 4 is 53.9 Å². The van der Waals surface area contributed by atoms with Gasteiger partial charge in [0.2, 0.25) is 18.3 Å². The Hall–Kier alpha value is -10.5. The maximum Gasteiger partial charge on any atom is 0.421 e. The Labute approximate surface area is 481 Å². The summed E-state index contributed by atoms with van der Waals surface area (Å²) in [5.41, 5.74) is 9.30. The van der Waals surface area contributed by atoms with Gasteiger partial charge in [0.1, 0.15) is 17.2 Å². The second-order valence-electron chi connectivity index (χ2n) is 16.9. The molecule has 442 valence electrons. The van der Waals surface area contributed by atoms with Gasteiger partial charge in [0.05, 0.1) is 30.9 Å². The molecule has 7 rings (SSSR count). The first-order valence-corrected chi connectivity index (χ1v) is 24.7. The Morgan fingerprint density at radius 1 is 0.412 bits per heavy atom. The summed E-state index contributed by atoms with van der Waals surface area (Å²) in [4.78, 5) is 48.0. The summed E-state index contributed by atoms with van der Waals surface area (Å²) in [5.74, 6) is -3.58. The second kappa shape index (κ2) is 33.5. The maximum absolute atomic E-state index is 12.5. The number of ether oxygens (including phenoxy) is 5.